The van der Waals surface area contributed by atoms with Crippen LogP contribution >= 0.6 is 11.8 Å². The molecule has 3 aromatic heterocycles. The van der Waals surface area contributed by atoms with Crippen molar-refractivity contribution in [3.05, 3.63) is 60.7 Å². The van der Waals surface area contributed by atoms with Gasteiger partial charge in [-0.2, -0.15) is 13.2 Å². The van der Waals surface area contributed by atoms with Gasteiger partial charge in [0.25, 0.3) is 0 Å². The standard InChI is InChI=1S/C14H12N4OS.C2HF3O2/c1-2-7-15-12(4-1)18-10-11-5-6-13(19-11)20-14-16-8-3-9-17-14;3-2(4,5)1(6)7/h1-9H,10H2,(H,15,18);(H,6,7). The SMILES string of the molecule is O=C(O)C(F)(F)F.c1ccc(NCc2ccc(Sc3ncccn3)o2)nc1. The van der Waals surface area contributed by atoms with E-state index >= 15 is 0 Å². The van der Waals surface area contributed by atoms with E-state index in [1.54, 1.807) is 24.7 Å². The molecule has 3 rings (SSSR count). The zero-order valence-corrected chi connectivity index (χ0v) is 14.4. The second kappa shape index (κ2) is 9.57. The number of halogens is 3. The minimum atomic E-state index is -5.08. The molecule has 0 atom stereocenters. The van der Waals surface area contributed by atoms with Crippen LogP contribution < -0.4 is 5.32 Å². The van der Waals surface area contributed by atoms with Crippen molar-refractivity contribution < 1.29 is 27.5 Å². The van der Waals surface area contributed by atoms with Gasteiger partial charge < -0.3 is 14.8 Å². The summed E-state index contributed by atoms with van der Waals surface area (Å²) in [5, 5.41) is 11.8. The Morgan fingerprint density at radius 2 is 1.74 bits per heavy atom. The lowest BCUT2D eigenvalue weighted by molar-refractivity contribution is -0.192. The van der Waals surface area contributed by atoms with Crippen molar-refractivity contribution in [3.8, 4) is 0 Å². The number of nitrogens with one attached hydrogen (secondary N) is 1. The summed E-state index contributed by atoms with van der Waals surface area (Å²) in [5.74, 6) is -1.09. The van der Waals surface area contributed by atoms with Gasteiger partial charge in [0, 0.05) is 18.6 Å². The molecule has 0 aliphatic rings. The third kappa shape index (κ3) is 7.36. The molecule has 0 fully saturated rings. The number of carboxylic acids is 1. The zero-order valence-electron chi connectivity index (χ0n) is 13.6. The molecule has 142 valence electrons. The van der Waals surface area contributed by atoms with Crippen LogP contribution in [0.1, 0.15) is 5.76 Å². The molecule has 0 unspecified atom stereocenters. The van der Waals surface area contributed by atoms with E-state index < -0.39 is 12.1 Å². The topological polar surface area (TPSA) is 101 Å². The van der Waals surface area contributed by atoms with Crippen LogP contribution in [0.4, 0.5) is 19.0 Å². The average molecular weight is 398 g/mol. The maximum Gasteiger partial charge on any atom is 0.490 e. The number of aromatic nitrogens is 3. The number of nitrogens with zero attached hydrogens (tertiary/aromatic N) is 3. The molecule has 11 heteroatoms. The summed E-state index contributed by atoms with van der Waals surface area (Å²) >= 11 is 1.40. The third-order valence-electron chi connectivity index (χ3n) is 2.72. The van der Waals surface area contributed by atoms with Gasteiger partial charge in [0.1, 0.15) is 11.6 Å². The van der Waals surface area contributed by atoms with Crippen molar-refractivity contribution in [1.82, 2.24) is 15.0 Å². The lowest BCUT2D eigenvalue weighted by atomic mass is 10.4. The Bertz CT molecular complexity index is 845. The first-order valence-corrected chi connectivity index (χ1v) is 8.15. The molecule has 2 N–H and O–H groups in total. The number of pyridine rings is 1. The molecule has 0 radical (unpaired) electrons. The number of rotatable bonds is 5. The zero-order chi connectivity index (χ0) is 19.7. The Morgan fingerprint density at radius 3 is 2.33 bits per heavy atom. The van der Waals surface area contributed by atoms with Crippen LogP contribution in [0.2, 0.25) is 0 Å². The highest BCUT2D eigenvalue weighted by atomic mass is 32.2. The van der Waals surface area contributed by atoms with E-state index in [1.165, 1.54) is 11.8 Å². The number of furan rings is 1. The Labute approximate surface area is 155 Å². The summed E-state index contributed by atoms with van der Waals surface area (Å²) in [4.78, 5) is 21.4. The van der Waals surface area contributed by atoms with Crippen molar-refractivity contribution in [3.63, 3.8) is 0 Å². The molecule has 7 nitrogen and oxygen atoms in total. The number of aliphatic carboxylic acids is 1. The number of alkyl halides is 3. The normalized spacial score (nSPS) is 10.6. The van der Waals surface area contributed by atoms with E-state index in [2.05, 4.69) is 20.3 Å². The van der Waals surface area contributed by atoms with Gasteiger partial charge in [-0.3, -0.25) is 0 Å². The Balaban J connectivity index is 0.000000321. The van der Waals surface area contributed by atoms with Crippen LogP contribution in [0.3, 0.4) is 0 Å². The van der Waals surface area contributed by atoms with E-state index in [0.29, 0.717) is 11.7 Å². The van der Waals surface area contributed by atoms with Gasteiger partial charge >= 0.3 is 12.1 Å². The predicted octanol–water partition coefficient (Wildman–Crippen LogP) is 3.86. The summed E-state index contributed by atoms with van der Waals surface area (Å²) in [6.45, 7) is 0.590. The van der Waals surface area contributed by atoms with Crippen LogP contribution in [0, 0.1) is 0 Å². The van der Waals surface area contributed by atoms with Crippen molar-refractivity contribution in [2.75, 3.05) is 5.32 Å². The number of anilines is 1. The van der Waals surface area contributed by atoms with Crippen LogP contribution in [-0.2, 0) is 11.3 Å². The Hall–Kier alpha value is -3.08. The van der Waals surface area contributed by atoms with Crippen LogP contribution in [0.15, 0.2) is 69.7 Å². The second-order valence-corrected chi connectivity index (χ2v) is 5.70. The minimum absolute atomic E-state index is 0.590. The highest BCUT2D eigenvalue weighted by Crippen LogP contribution is 2.26. The number of hydrogen-bond acceptors (Lipinski definition) is 7. The van der Waals surface area contributed by atoms with E-state index in [-0.39, 0.29) is 0 Å². The molecule has 3 aromatic rings. The molecule has 0 saturated carbocycles. The molecule has 3 heterocycles. The molecule has 0 bridgehead atoms. The summed E-state index contributed by atoms with van der Waals surface area (Å²) < 4.78 is 37.4. The Morgan fingerprint density at radius 1 is 1.07 bits per heavy atom. The first-order valence-electron chi connectivity index (χ1n) is 7.33. The maximum absolute atomic E-state index is 10.6. The number of carboxylic acid groups (broad SMARTS) is 1. The molecular weight excluding hydrogens is 385 g/mol. The molecular formula is C16H13F3N4O3S. The summed E-state index contributed by atoms with van der Waals surface area (Å²) in [6, 6.07) is 11.4. The average Bonchev–Trinajstić information content (AvgIpc) is 3.09. The van der Waals surface area contributed by atoms with E-state index in [1.807, 2.05) is 30.3 Å². The minimum Gasteiger partial charge on any atom is -0.475 e. The first kappa shape index (κ1) is 20.2. The smallest absolute Gasteiger partial charge is 0.475 e. The summed E-state index contributed by atoms with van der Waals surface area (Å²) in [6.07, 6.45) is 0.0854. The van der Waals surface area contributed by atoms with Gasteiger partial charge in [0.15, 0.2) is 10.2 Å². The molecule has 0 amide bonds. The van der Waals surface area contributed by atoms with E-state index in [0.717, 1.165) is 16.7 Å². The van der Waals surface area contributed by atoms with Gasteiger partial charge in [0.2, 0.25) is 0 Å². The fourth-order valence-corrected chi connectivity index (χ4v) is 2.27. The molecule has 27 heavy (non-hydrogen) atoms. The van der Waals surface area contributed by atoms with Gasteiger partial charge in [-0.15, -0.1) is 0 Å². The summed E-state index contributed by atoms with van der Waals surface area (Å²) in [7, 11) is 0. The molecule has 0 aromatic carbocycles. The lowest BCUT2D eigenvalue weighted by Gasteiger charge is -2.02. The first-order chi connectivity index (χ1) is 12.8. The Kier molecular flexibility index (Phi) is 7.17. The monoisotopic (exact) mass is 398 g/mol. The van der Waals surface area contributed by atoms with Gasteiger partial charge in [-0.25, -0.2) is 19.7 Å². The van der Waals surface area contributed by atoms with Gasteiger partial charge in [-0.05, 0) is 42.1 Å². The summed E-state index contributed by atoms with van der Waals surface area (Å²) in [5.41, 5.74) is 0. The van der Waals surface area contributed by atoms with E-state index in [4.69, 9.17) is 14.3 Å². The van der Waals surface area contributed by atoms with E-state index in [9.17, 15) is 13.2 Å². The predicted molar refractivity (Wildman–Crippen MR) is 90.1 cm³/mol. The van der Waals surface area contributed by atoms with Crippen molar-refractivity contribution in [2.24, 2.45) is 0 Å². The quantitative estimate of drug-likeness (QED) is 0.625. The highest BCUT2D eigenvalue weighted by molar-refractivity contribution is 7.99. The lowest BCUT2D eigenvalue weighted by Crippen LogP contribution is -2.21. The fourth-order valence-electron chi connectivity index (χ4n) is 1.58. The van der Waals surface area contributed by atoms with Crippen molar-refractivity contribution >= 4 is 23.5 Å². The van der Waals surface area contributed by atoms with Gasteiger partial charge in [0.05, 0.1) is 6.54 Å². The van der Waals surface area contributed by atoms with Gasteiger partial charge in [-0.1, -0.05) is 6.07 Å². The number of carbonyl (C=O) groups is 1. The van der Waals surface area contributed by atoms with Crippen LogP contribution in [0.25, 0.3) is 0 Å². The fraction of sp³-hybridized carbons (Fsp3) is 0.125. The third-order valence-corrected chi connectivity index (χ3v) is 3.54. The van der Waals surface area contributed by atoms with Crippen molar-refractivity contribution in [2.45, 2.75) is 23.0 Å². The maximum atomic E-state index is 10.6. The van der Waals surface area contributed by atoms with Crippen molar-refractivity contribution in [1.29, 1.82) is 0 Å². The molecule has 0 aliphatic carbocycles. The highest BCUT2D eigenvalue weighted by Gasteiger charge is 2.38. The molecule has 0 aliphatic heterocycles. The number of hydrogen-bond donors (Lipinski definition) is 2. The second-order valence-electron chi connectivity index (χ2n) is 4.73. The molecule has 0 spiro atoms. The molecule has 0 saturated heterocycles. The largest absolute Gasteiger partial charge is 0.490 e. The van der Waals surface area contributed by atoms with Crippen LogP contribution in [-0.4, -0.2) is 32.2 Å². The van der Waals surface area contributed by atoms with Crippen LogP contribution in [0.5, 0.6) is 0 Å².